The van der Waals surface area contributed by atoms with Gasteiger partial charge in [0.15, 0.2) is 0 Å². The van der Waals surface area contributed by atoms with Crippen LogP contribution < -0.4 is 5.32 Å². The summed E-state index contributed by atoms with van der Waals surface area (Å²) in [6.07, 6.45) is 0. The van der Waals surface area contributed by atoms with Gasteiger partial charge in [-0.2, -0.15) is 4.98 Å². The third kappa shape index (κ3) is 3.31. The van der Waals surface area contributed by atoms with Crippen LogP contribution in [0.25, 0.3) is 11.4 Å². The molecule has 5 heteroatoms. The SMILES string of the molecule is CC(Nc1ccc(Br)cc1)c1nc(-c2ccccc2)no1. The first kappa shape index (κ1) is 13.8. The van der Waals surface area contributed by atoms with E-state index in [0.717, 1.165) is 15.7 Å². The number of halogens is 1. The molecule has 0 radical (unpaired) electrons. The molecule has 0 fully saturated rings. The molecule has 0 amide bonds. The van der Waals surface area contributed by atoms with Gasteiger partial charge in [-0.25, -0.2) is 0 Å². The highest BCUT2D eigenvalue weighted by Gasteiger charge is 2.14. The molecule has 0 aliphatic rings. The second-order valence-electron chi connectivity index (χ2n) is 4.70. The van der Waals surface area contributed by atoms with Gasteiger partial charge < -0.3 is 9.84 Å². The van der Waals surface area contributed by atoms with Gasteiger partial charge in [0.1, 0.15) is 6.04 Å². The Hall–Kier alpha value is -2.14. The van der Waals surface area contributed by atoms with Gasteiger partial charge in [-0.3, -0.25) is 0 Å². The fraction of sp³-hybridized carbons (Fsp3) is 0.125. The number of anilines is 1. The Morgan fingerprint density at radius 2 is 1.76 bits per heavy atom. The zero-order valence-corrected chi connectivity index (χ0v) is 13.0. The lowest BCUT2D eigenvalue weighted by molar-refractivity contribution is 0.368. The van der Waals surface area contributed by atoms with E-state index < -0.39 is 0 Å². The molecule has 3 aromatic rings. The van der Waals surface area contributed by atoms with Crippen molar-refractivity contribution in [3.8, 4) is 11.4 Å². The molecule has 3 rings (SSSR count). The van der Waals surface area contributed by atoms with Crippen LogP contribution in [0.5, 0.6) is 0 Å². The molecule has 106 valence electrons. The smallest absolute Gasteiger partial charge is 0.249 e. The Kier molecular flexibility index (Phi) is 4.01. The quantitative estimate of drug-likeness (QED) is 0.747. The molecule has 0 spiro atoms. The molecule has 0 saturated heterocycles. The van der Waals surface area contributed by atoms with Gasteiger partial charge in [0.2, 0.25) is 11.7 Å². The minimum atomic E-state index is -0.0591. The Balaban J connectivity index is 1.75. The van der Waals surface area contributed by atoms with Gasteiger partial charge in [0.05, 0.1) is 0 Å². The standard InChI is InChI=1S/C16H14BrN3O/c1-11(18-14-9-7-13(17)8-10-14)16-19-15(20-21-16)12-5-3-2-4-6-12/h2-11,18H,1H3. The van der Waals surface area contributed by atoms with Gasteiger partial charge in [-0.15, -0.1) is 0 Å². The summed E-state index contributed by atoms with van der Waals surface area (Å²) in [5.41, 5.74) is 1.95. The third-order valence-corrected chi connectivity index (χ3v) is 3.60. The van der Waals surface area contributed by atoms with Crippen LogP contribution in [0.15, 0.2) is 63.6 Å². The van der Waals surface area contributed by atoms with Crippen molar-refractivity contribution in [1.29, 1.82) is 0 Å². The van der Waals surface area contributed by atoms with Crippen molar-refractivity contribution < 1.29 is 4.52 Å². The lowest BCUT2D eigenvalue weighted by Crippen LogP contribution is -2.06. The van der Waals surface area contributed by atoms with E-state index >= 15 is 0 Å². The van der Waals surface area contributed by atoms with Gasteiger partial charge in [0.25, 0.3) is 0 Å². The largest absolute Gasteiger partial charge is 0.374 e. The molecule has 0 aliphatic carbocycles. The number of rotatable bonds is 4. The van der Waals surface area contributed by atoms with E-state index in [4.69, 9.17) is 4.52 Å². The molecule has 1 N–H and O–H groups in total. The van der Waals surface area contributed by atoms with E-state index in [1.165, 1.54) is 0 Å². The van der Waals surface area contributed by atoms with E-state index in [1.807, 2.05) is 61.5 Å². The summed E-state index contributed by atoms with van der Waals surface area (Å²) in [7, 11) is 0. The summed E-state index contributed by atoms with van der Waals surface area (Å²) in [6.45, 7) is 1.99. The Bertz CT molecular complexity index is 710. The van der Waals surface area contributed by atoms with E-state index in [1.54, 1.807) is 0 Å². The number of nitrogens with one attached hydrogen (secondary N) is 1. The molecule has 0 bridgehead atoms. The van der Waals surface area contributed by atoms with Crippen molar-refractivity contribution in [2.24, 2.45) is 0 Å². The minimum absolute atomic E-state index is 0.0591. The number of benzene rings is 2. The fourth-order valence-electron chi connectivity index (χ4n) is 1.97. The Labute approximate surface area is 131 Å². The van der Waals surface area contributed by atoms with Crippen LogP contribution in [-0.2, 0) is 0 Å². The van der Waals surface area contributed by atoms with Gasteiger partial charge in [-0.1, -0.05) is 51.4 Å². The van der Waals surface area contributed by atoms with Crippen molar-refractivity contribution in [1.82, 2.24) is 10.1 Å². The van der Waals surface area contributed by atoms with Crippen LogP contribution in [0.1, 0.15) is 18.9 Å². The maximum atomic E-state index is 5.34. The summed E-state index contributed by atoms with van der Waals surface area (Å²) >= 11 is 3.42. The molecule has 21 heavy (non-hydrogen) atoms. The van der Waals surface area contributed by atoms with Crippen molar-refractivity contribution in [2.75, 3.05) is 5.32 Å². The molecule has 1 unspecified atom stereocenters. The van der Waals surface area contributed by atoms with Crippen molar-refractivity contribution in [2.45, 2.75) is 13.0 Å². The molecule has 2 aromatic carbocycles. The van der Waals surface area contributed by atoms with Crippen molar-refractivity contribution >= 4 is 21.6 Å². The average Bonchev–Trinajstić information content (AvgIpc) is 3.00. The maximum Gasteiger partial charge on any atom is 0.249 e. The normalized spacial score (nSPS) is 12.1. The zero-order chi connectivity index (χ0) is 14.7. The molecule has 1 atom stereocenters. The molecule has 1 heterocycles. The van der Waals surface area contributed by atoms with E-state index in [-0.39, 0.29) is 6.04 Å². The maximum absolute atomic E-state index is 5.34. The lowest BCUT2D eigenvalue weighted by atomic mass is 10.2. The summed E-state index contributed by atoms with van der Waals surface area (Å²) < 4.78 is 6.39. The van der Waals surface area contributed by atoms with Crippen LogP contribution in [0.2, 0.25) is 0 Å². The number of aromatic nitrogens is 2. The van der Waals surface area contributed by atoms with Crippen LogP contribution in [0.4, 0.5) is 5.69 Å². The molecular formula is C16H14BrN3O. The van der Waals surface area contributed by atoms with E-state index in [9.17, 15) is 0 Å². The van der Waals surface area contributed by atoms with Crippen LogP contribution in [0, 0.1) is 0 Å². The monoisotopic (exact) mass is 343 g/mol. The second-order valence-corrected chi connectivity index (χ2v) is 5.61. The Morgan fingerprint density at radius 1 is 1.05 bits per heavy atom. The average molecular weight is 344 g/mol. The lowest BCUT2D eigenvalue weighted by Gasteiger charge is -2.10. The first-order valence-electron chi connectivity index (χ1n) is 6.63. The fourth-order valence-corrected chi connectivity index (χ4v) is 2.24. The zero-order valence-electron chi connectivity index (χ0n) is 11.5. The number of nitrogens with zero attached hydrogens (tertiary/aromatic N) is 2. The minimum Gasteiger partial charge on any atom is -0.374 e. The van der Waals surface area contributed by atoms with Crippen LogP contribution in [0.3, 0.4) is 0 Å². The molecule has 4 nitrogen and oxygen atoms in total. The third-order valence-electron chi connectivity index (χ3n) is 3.07. The first-order valence-corrected chi connectivity index (χ1v) is 7.43. The van der Waals surface area contributed by atoms with Crippen molar-refractivity contribution in [3.63, 3.8) is 0 Å². The van der Waals surface area contributed by atoms with Gasteiger partial charge >= 0.3 is 0 Å². The summed E-state index contributed by atoms with van der Waals surface area (Å²) in [5.74, 6) is 1.17. The summed E-state index contributed by atoms with van der Waals surface area (Å²) in [5, 5.41) is 7.36. The molecular weight excluding hydrogens is 330 g/mol. The van der Waals surface area contributed by atoms with Gasteiger partial charge in [-0.05, 0) is 31.2 Å². The predicted molar refractivity (Wildman–Crippen MR) is 85.9 cm³/mol. The van der Waals surface area contributed by atoms with E-state index in [2.05, 4.69) is 31.4 Å². The molecule has 1 aromatic heterocycles. The van der Waals surface area contributed by atoms with Crippen molar-refractivity contribution in [3.05, 3.63) is 65.0 Å². The highest BCUT2D eigenvalue weighted by molar-refractivity contribution is 9.10. The highest BCUT2D eigenvalue weighted by atomic mass is 79.9. The molecule has 0 saturated carbocycles. The second kappa shape index (κ2) is 6.10. The Morgan fingerprint density at radius 3 is 2.48 bits per heavy atom. The highest BCUT2D eigenvalue weighted by Crippen LogP contribution is 2.22. The van der Waals surface area contributed by atoms with Crippen LogP contribution in [-0.4, -0.2) is 10.1 Å². The number of hydrogen-bond acceptors (Lipinski definition) is 4. The van der Waals surface area contributed by atoms with Gasteiger partial charge in [0, 0.05) is 15.7 Å². The van der Waals surface area contributed by atoms with E-state index in [0.29, 0.717) is 11.7 Å². The predicted octanol–water partition coefficient (Wildman–Crippen LogP) is 4.67. The molecule has 0 aliphatic heterocycles. The topological polar surface area (TPSA) is 51.0 Å². The first-order chi connectivity index (χ1) is 10.2. The summed E-state index contributed by atoms with van der Waals surface area (Å²) in [4.78, 5) is 4.44. The van der Waals surface area contributed by atoms with Crippen LogP contribution >= 0.6 is 15.9 Å². The summed E-state index contributed by atoms with van der Waals surface area (Å²) in [6, 6.07) is 17.7. The number of hydrogen-bond donors (Lipinski definition) is 1.